The number of hydrogen-bond acceptors (Lipinski definition) is 7. The molecule has 1 aromatic carbocycles. The highest BCUT2D eigenvalue weighted by Gasteiger charge is 2.35. The van der Waals surface area contributed by atoms with Gasteiger partial charge in [-0.2, -0.15) is 4.98 Å². The Bertz CT molecular complexity index is 902. The van der Waals surface area contributed by atoms with Crippen molar-refractivity contribution in [3.8, 4) is 5.75 Å². The van der Waals surface area contributed by atoms with Crippen LogP contribution in [0.2, 0.25) is 0 Å². The number of piperazine rings is 1. The van der Waals surface area contributed by atoms with E-state index in [2.05, 4.69) is 36.0 Å². The number of nitrogens with one attached hydrogen (secondary N) is 1. The molecule has 0 atom stereocenters. The topological polar surface area (TPSA) is 70.6 Å². The second-order valence-electron chi connectivity index (χ2n) is 8.78. The van der Waals surface area contributed by atoms with E-state index in [1.54, 1.807) is 7.11 Å². The molecule has 0 spiro atoms. The number of benzene rings is 1. The standard InChI is InChI=1S/C22H29N5O2/c1-22(2)13-17-19(18(28)14-22)20(23-15-5-7-16(29-4)8-6-15)25-21(24-17)27-11-9-26(3)10-12-27/h5-8H,9-14H2,1-4H3,(H,23,24,25). The van der Waals surface area contributed by atoms with Gasteiger partial charge in [0.05, 0.1) is 18.4 Å². The molecule has 7 nitrogen and oxygen atoms in total. The average Bonchev–Trinajstić information content (AvgIpc) is 2.67. The van der Waals surface area contributed by atoms with E-state index < -0.39 is 0 Å². The number of ketones is 1. The number of nitrogens with zero attached hydrogens (tertiary/aromatic N) is 4. The first-order valence-electron chi connectivity index (χ1n) is 10.1. The SMILES string of the molecule is COc1ccc(Nc2nc(N3CCN(C)CC3)nc3c2C(=O)CC(C)(C)C3)cc1. The van der Waals surface area contributed by atoms with Gasteiger partial charge in [0.25, 0.3) is 0 Å². The van der Waals surface area contributed by atoms with E-state index in [1.165, 1.54) is 0 Å². The number of carbonyl (C=O) groups is 1. The third kappa shape index (κ3) is 4.19. The third-order valence-corrected chi connectivity index (χ3v) is 5.67. The molecule has 1 saturated heterocycles. The van der Waals surface area contributed by atoms with Crippen LogP contribution in [0.1, 0.15) is 36.3 Å². The Morgan fingerprint density at radius 3 is 2.38 bits per heavy atom. The normalized spacial score (nSPS) is 19.0. The van der Waals surface area contributed by atoms with Gasteiger partial charge in [-0.05, 0) is 43.1 Å². The Kier molecular flexibility index (Phi) is 5.17. The quantitative estimate of drug-likeness (QED) is 0.853. The van der Waals surface area contributed by atoms with Crippen molar-refractivity contribution in [3.63, 3.8) is 0 Å². The molecule has 2 aromatic rings. The van der Waals surface area contributed by atoms with Crippen LogP contribution >= 0.6 is 0 Å². The fourth-order valence-electron chi connectivity index (χ4n) is 4.00. The minimum Gasteiger partial charge on any atom is -0.497 e. The second-order valence-corrected chi connectivity index (χ2v) is 8.78. The molecule has 2 heterocycles. The number of rotatable bonds is 4. The van der Waals surface area contributed by atoms with E-state index in [1.807, 2.05) is 24.3 Å². The van der Waals surface area contributed by atoms with Gasteiger partial charge in [-0.1, -0.05) is 13.8 Å². The summed E-state index contributed by atoms with van der Waals surface area (Å²) in [5, 5.41) is 3.36. The molecular weight excluding hydrogens is 366 g/mol. The summed E-state index contributed by atoms with van der Waals surface area (Å²) < 4.78 is 5.24. The largest absolute Gasteiger partial charge is 0.497 e. The van der Waals surface area contributed by atoms with Crippen LogP contribution in [0.15, 0.2) is 24.3 Å². The number of hydrogen-bond donors (Lipinski definition) is 1. The molecule has 154 valence electrons. The summed E-state index contributed by atoms with van der Waals surface area (Å²) in [6.45, 7) is 7.98. The maximum Gasteiger partial charge on any atom is 0.227 e. The van der Waals surface area contributed by atoms with Crippen molar-refractivity contribution >= 4 is 23.2 Å². The van der Waals surface area contributed by atoms with Crippen molar-refractivity contribution in [1.29, 1.82) is 0 Å². The van der Waals surface area contributed by atoms with Crippen LogP contribution in [-0.4, -0.2) is 61.0 Å². The van der Waals surface area contributed by atoms with Gasteiger partial charge in [0.1, 0.15) is 11.6 Å². The fraction of sp³-hybridized carbons (Fsp3) is 0.500. The predicted octanol–water partition coefficient (Wildman–Crippen LogP) is 3.14. The number of ether oxygens (including phenoxy) is 1. The lowest BCUT2D eigenvalue weighted by Gasteiger charge is -2.35. The molecule has 0 saturated carbocycles. The summed E-state index contributed by atoms with van der Waals surface area (Å²) in [5.41, 5.74) is 2.27. The first kappa shape index (κ1) is 19.6. The van der Waals surface area contributed by atoms with Gasteiger partial charge in [0.2, 0.25) is 5.95 Å². The molecule has 7 heteroatoms. The van der Waals surface area contributed by atoms with Crippen molar-refractivity contribution in [2.24, 2.45) is 5.41 Å². The molecule has 1 aliphatic carbocycles. The van der Waals surface area contributed by atoms with Crippen LogP contribution in [0.5, 0.6) is 5.75 Å². The summed E-state index contributed by atoms with van der Waals surface area (Å²) in [6.07, 6.45) is 1.28. The molecule has 4 rings (SSSR count). The van der Waals surface area contributed by atoms with Gasteiger partial charge < -0.3 is 19.9 Å². The highest BCUT2D eigenvalue weighted by atomic mass is 16.5. The van der Waals surface area contributed by atoms with Crippen LogP contribution < -0.4 is 15.0 Å². The first-order chi connectivity index (χ1) is 13.8. The molecule has 1 aromatic heterocycles. The van der Waals surface area contributed by atoms with Crippen molar-refractivity contribution in [2.75, 3.05) is 50.6 Å². The predicted molar refractivity (Wildman–Crippen MR) is 114 cm³/mol. The van der Waals surface area contributed by atoms with Gasteiger partial charge in [-0.3, -0.25) is 4.79 Å². The first-order valence-corrected chi connectivity index (χ1v) is 10.1. The molecule has 1 N–H and O–H groups in total. The Balaban J connectivity index is 1.73. The average molecular weight is 396 g/mol. The molecule has 0 amide bonds. The van der Waals surface area contributed by atoms with E-state index in [-0.39, 0.29) is 11.2 Å². The second kappa shape index (κ2) is 7.63. The summed E-state index contributed by atoms with van der Waals surface area (Å²) in [5.74, 6) is 2.21. The van der Waals surface area contributed by atoms with Crippen LogP contribution in [0.25, 0.3) is 0 Å². The molecule has 2 aliphatic rings. The summed E-state index contributed by atoms with van der Waals surface area (Å²) in [7, 11) is 3.77. The van der Waals surface area contributed by atoms with Crippen molar-refractivity contribution in [2.45, 2.75) is 26.7 Å². The van der Waals surface area contributed by atoms with Crippen LogP contribution in [0.4, 0.5) is 17.5 Å². The maximum absolute atomic E-state index is 13.0. The number of likely N-dealkylation sites (N-methyl/N-ethyl adjacent to an activating group) is 1. The number of aromatic nitrogens is 2. The van der Waals surface area contributed by atoms with E-state index in [4.69, 9.17) is 14.7 Å². The summed E-state index contributed by atoms with van der Waals surface area (Å²) >= 11 is 0. The van der Waals surface area contributed by atoms with E-state index >= 15 is 0 Å². The van der Waals surface area contributed by atoms with E-state index in [0.717, 1.165) is 49.7 Å². The molecule has 0 unspecified atom stereocenters. The van der Waals surface area contributed by atoms with Gasteiger partial charge in [0.15, 0.2) is 5.78 Å². The van der Waals surface area contributed by atoms with E-state index in [9.17, 15) is 4.79 Å². The Morgan fingerprint density at radius 2 is 1.72 bits per heavy atom. The lowest BCUT2D eigenvalue weighted by atomic mass is 9.75. The monoisotopic (exact) mass is 395 g/mol. The molecule has 1 fully saturated rings. The van der Waals surface area contributed by atoms with Gasteiger partial charge in [0, 0.05) is 38.3 Å². The van der Waals surface area contributed by atoms with Crippen LogP contribution in [0, 0.1) is 5.41 Å². The zero-order valence-electron chi connectivity index (χ0n) is 17.7. The molecule has 29 heavy (non-hydrogen) atoms. The number of fused-ring (bicyclic) bond motifs is 1. The van der Waals surface area contributed by atoms with Crippen molar-refractivity contribution < 1.29 is 9.53 Å². The Morgan fingerprint density at radius 1 is 1.03 bits per heavy atom. The zero-order chi connectivity index (χ0) is 20.6. The fourth-order valence-corrected chi connectivity index (χ4v) is 4.00. The number of anilines is 3. The van der Waals surface area contributed by atoms with Gasteiger partial charge in [-0.25, -0.2) is 4.98 Å². The molecule has 0 bridgehead atoms. The maximum atomic E-state index is 13.0. The Hall–Kier alpha value is -2.67. The number of Topliss-reactive ketones (excluding diaryl/α,β-unsaturated/α-hetero) is 1. The highest BCUT2D eigenvalue weighted by molar-refractivity contribution is 6.03. The minimum absolute atomic E-state index is 0.0881. The minimum atomic E-state index is -0.0881. The lowest BCUT2D eigenvalue weighted by molar-refractivity contribution is 0.0911. The van der Waals surface area contributed by atoms with Gasteiger partial charge >= 0.3 is 0 Å². The third-order valence-electron chi connectivity index (χ3n) is 5.67. The number of carbonyl (C=O) groups excluding carboxylic acids is 1. The summed E-state index contributed by atoms with van der Waals surface area (Å²) in [6, 6.07) is 7.64. The zero-order valence-corrected chi connectivity index (χ0v) is 17.7. The van der Waals surface area contributed by atoms with Crippen molar-refractivity contribution in [3.05, 3.63) is 35.5 Å². The van der Waals surface area contributed by atoms with Crippen LogP contribution in [-0.2, 0) is 6.42 Å². The number of methoxy groups -OCH3 is 1. The van der Waals surface area contributed by atoms with Gasteiger partial charge in [-0.15, -0.1) is 0 Å². The van der Waals surface area contributed by atoms with Crippen LogP contribution in [0.3, 0.4) is 0 Å². The highest BCUT2D eigenvalue weighted by Crippen LogP contribution is 2.38. The molecular formula is C22H29N5O2. The molecule has 0 radical (unpaired) electrons. The lowest BCUT2D eigenvalue weighted by Crippen LogP contribution is -2.45. The molecule has 1 aliphatic heterocycles. The Labute approximate surface area is 172 Å². The smallest absolute Gasteiger partial charge is 0.227 e. The van der Waals surface area contributed by atoms with E-state index in [0.29, 0.717) is 23.8 Å². The van der Waals surface area contributed by atoms with Crippen molar-refractivity contribution in [1.82, 2.24) is 14.9 Å². The summed E-state index contributed by atoms with van der Waals surface area (Å²) in [4.78, 5) is 27.2.